The summed E-state index contributed by atoms with van der Waals surface area (Å²) in [5.41, 5.74) is 0.785. The number of nitriles is 1. The van der Waals surface area contributed by atoms with E-state index in [9.17, 15) is 4.79 Å². The van der Waals surface area contributed by atoms with Crippen LogP contribution in [-0.4, -0.2) is 27.4 Å². The maximum Gasteiger partial charge on any atom is 0.354 e. The van der Waals surface area contributed by atoms with Crippen LogP contribution in [0.1, 0.15) is 0 Å². The van der Waals surface area contributed by atoms with Crippen LogP contribution < -0.4 is 16.1 Å². The molecule has 0 saturated heterocycles. The second-order valence-corrected chi connectivity index (χ2v) is 2.81. The summed E-state index contributed by atoms with van der Waals surface area (Å²) in [6.45, 7) is 0. The third-order valence-corrected chi connectivity index (χ3v) is 1.95. The number of aromatic amines is 2. The molecule has 0 saturated carbocycles. The van der Waals surface area contributed by atoms with Crippen LogP contribution in [0.5, 0.6) is 0 Å². The smallest absolute Gasteiger partial charge is 0.343 e. The Kier molecular flexibility index (Phi) is 1.09. The normalized spacial score (nSPS) is 12.9. The zero-order valence-corrected chi connectivity index (χ0v) is 6.77. The SMILES string of the molecule is N#CN1[B]c2nc3nc1[nH]c(=O)c3[nH]2. The van der Waals surface area contributed by atoms with Crippen LogP contribution in [0.2, 0.25) is 0 Å². The van der Waals surface area contributed by atoms with E-state index in [1.807, 2.05) is 6.19 Å². The van der Waals surface area contributed by atoms with Gasteiger partial charge in [-0.05, 0) is 0 Å². The number of nitrogens with zero attached hydrogens (tertiary/aromatic N) is 4. The molecule has 0 unspecified atom stereocenters. The molecular weight excluding hydrogens is 183 g/mol. The fourth-order valence-corrected chi connectivity index (χ4v) is 1.35. The van der Waals surface area contributed by atoms with E-state index in [0.29, 0.717) is 16.9 Å². The number of rotatable bonds is 0. The van der Waals surface area contributed by atoms with Crippen LogP contribution in [-0.2, 0) is 0 Å². The van der Waals surface area contributed by atoms with Crippen molar-refractivity contribution in [3.8, 4) is 6.19 Å². The predicted octanol–water partition coefficient (Wildman–Crippen LogP) is -1.81. The third-order valence-electron chi connectivity index (χ3n) is 1.95. The number of hydrogen-bond donors (Lipinski definition) is 2. The van der Waals surface area contributed by atoms with Gasteiger partial charge >= 0.3 is 7.41 Å². The lowest BCUT2D eigenvalue weighted by Gasteiger charge is -2.10. The Morgan fingerprint density at radius 1 is 1.43 bits per heavy atom. The van der Waals surface area contributed by atoms with Crippen LogP contribution >= 0.6 is 0 Å². The summed E-state index contributed by atoms with van der Waals surface area (Å²) >= 11 is 0. The first-order chi connectivity index (χ1) is 6.78. The number of hydrogen-bond acceptors (Lipinski definition) is 5. The van der Waals surface area contributed by atoms with Crippen LogP contribution in [0.25, 0.3) is 11.2 Å². The van der Waals surface area contributed by atoms with E-state index >= 15 is 0 Å². The highest BCUT2D eigenvalue weighted by molar-refractivity contribution is 6.57. The first kappa shape index (κ1) is 7.14. The minimum atomic E-state index is -0.322. The molecule has 3 heterocycles. The van der Waals surface area contributed by atoms with E-state index in [1.165, 1.54) is 7.41 Å². The molecule has 0 aliphatic carbocycles. The van der Waals surface area contributed by atoms with Gasteiger partial charge in [0.15, 0.2) is 17.4 Å². The van der Waals surface area contributed by atoms with Crippen molar-refractivity contribution in [1.29, 1.82) is 5.26 Å². The molecule has 2 N–H and O–H groups in total. The quantitative estimate of drug-likeness (QED) is 0.372. The first-order valence-electron chi connectivity index (χ1n) is 3.82. The standard InChI is InChI=1S/C6H2BN6O/c8-1-13-6-11-3-2(4(14)12-6)9-5(7-13)10-3/h(H2,9,10,11,12,14). The number of imidazole rings is 1. The molecule has 0 spiro atoms. The zero-order valence-electron chi connectivity index (χ0n) is 6.77. The van der Waals surface area contributed by atoms with Gasteiger partial charge in [0, 0.05) is 0 Å². The maximum absolute atomic E-state index is 11.4. The summed E-state index contributed by atoms with van der Waals surface area (Å²) in [5.74, 6) is 0.191. The Balaban J connectivity index is 2.50. The Labute approximate surface area is 77.7 Å². The van der Waals surface area contributed by atoms with Crippen molar-refractivity contribution in [2.24, 2.45) is 0 Å². The van der Waals surface area contributed by atoms with Crippen molar-refractivity contribution in [3.05, 3.63) is 10.4 Å². The number of aromatic nitrogens is 4. The average Bonchev–Trinajstić information content (AvgIpc) is 2.48. The number of fused-ring (bicyclic) bond motifs is 2. The van der Waals surface area contributed by atoms with Crippen LogP contribution in [0.4, 0.5) is 5.95 Å². The Bertz CT molecular complexity index is 621. The van der Waals surface area contributed by atoms with Gasteiger partial charge < -0.3 is 4.98 Å². The van der Waals surface area contributed by atoms with Crippen molar-refractivity contribution in [2.45, 2.75) is 0 Å². The van der Waals surface area contributed by atoms with Gasteiger partial charge in [-0.3, -0.25) is 14.6 Å². The first-order valence-corrected chi connectivity index (χ1v) is 3.82. The van der Waals surface area contributed by atoms with E-state index in [4.69, 9.17) is 5.26 Å². The summed E-state index contributed by atoms with van der Waals surface area (Å²) < 4.78 is 0. The van der Waals surface area contributed by atoms with Gasteiger partial charge in [-0.1, -0.05) is 0 Å². The van der Waals surface area contributed by atoms with E-state index in [2.05, 4.69) is 19.9 Å². The van der Waals surface area contributed by atoms with Gasteiger partial charge in [0.2, 0.25) is 5.95 Å². The molecule has 3 bridgehead atoms. The summed E-state index contributed by atoms with van der Waals surface area (Å²) in [6.07, 6.45) is 1.86. The van der Waals surface area contributed by atoms with Crippen LogP contribution in [0.15, 0.2) is 4.79 Å². The Morgan fingerprint density at radius 3 is 3.07 bits per heavy atom. The van der Waals surface area contributed by atoms with Crippen molar-refractivity contribution in [3.63, 3.8) is 0 Å². The summed E-state index contributed by atoms with van der Waals surface area (Å²) in [6, 6.07) is 0. The monoisotopic (exact) mass is 185 g/mol. The molecule has 0 fully saturated rings. The summed E-state index contributed by atoms with van der Waals surface area (Å²) in [4.78, 5) is 25.8. The molecule has 2 aromatic rings. The lowest BCUT2D eigenvalue weighted by molar-refractivity contribution is 1.11. The number of nitrogens with one attached hydrogen (secondary N) is 2. The molecule has 2 aromatic heterocycles. The highest BCUT2D eigenvalue weighted by Crippen LogP contribution is 2.09. The molecule has 0 atom stereocenters. The zero-order chi connectivity index (χ0) is 9.71. The molecule has 7 nitrogen and oxygen atoms in total. The molecule has 0 amide bonds. The molecule has 1 aliphatic rings. The van der Waals surface area contributed by atoms with Crippen molar-refractivity contribution >= 4 is 30.3 Å². The molecule has 0 aromatic carbocycles. The topological polar surface area (TPSA) is 101 Å². The average molecular weight is 185 g/mol. The van der Waals surface area contributed by atoms with Gasteiger partial charge in [0.1, 0.15) is 0 Å². The summed E-state index contributed by atoms with van der Waals surface area (Å²) in [5, 5.41) is 8.76. The van der Waals surface area contributed by atoms with Crippen LogP contribution in [0.3, 0.4) is 0 Å². The van der Waals surface area contributed by atoms with E-state index < -0.39 is 0 Å². The highest BCUT2D eigenvalue weighted by Gasteiger charge is 2.22. The third kappa shape index (κ3) is 0.732. The molecule has 14 heavy (non-hydrogen) atoms. The maximum atomic E-state index is 11.4. The van der Waals surface area contributed by atoms with Crippen molar-refractivity contribution in [2.75, 3.05) is 4.81 Å². The second-order valence-electron chi connectivity index (χ2n) is 2.81. The van der Waals surface area contributed by atoms with Crippen molar-refractivity contribution < 1.29 is 0 Å². The van der Waals surface area contributed by atoms with Crippen molar-refractivity contribution in [1.82, 2.24) is 19.9 Å². The molecule has 8 heteroatoms. The van der Waals surface area contributed by atoms with E-state index in [0.717, 1.165) is 4.81 Å². The summed E-state index contributed by atoms with van der Waals surface area (Å²) in [7, 11) is 1.47. The van der Waals surface area contributed by atoms with E-state index in [-0.39, 0.29) is 11.5 Å². The predicted molar refractivity (Wildman–Crippen MR) is 48.0 cm³/mol. The lowest BCUT2D eigenvalue weighted by atomic mass is 9.91. The molecule has 1 radical (unpaired) electrons. The molecule has 65 valence electrons. The van der Waals surface area contributed by atoms with Gasteiger partial charge in [0.25, 0.3) is 5.56 Å². The van der Waals surface area contributed by atoms with Gasteiger partial charge in [-0.15, -0.1) is 0 Å². The largest absolute Gasteiger partial charge is 0.354 e. The lowest BCUT2D eigenvalue weighted by Crippen LogP contribution is -2.36. The van der Waals surface area contributed by atoms with Crippen LogP contribution in [0, 0.1) is 11.5 Å². The van der Waals surface area contributed by atoms with Gasteiger partial charge in [-0.2, -0.15) is 10.2 Å². The number of anilines is 1. The Morgan fingerprint density at radius 2 is 2.29 bits per heavy atom. The van der Waals surface area contributed by atoms with Gasteiger partial charge in [-0.25, -0.2) is 4.98 Å². The molecule has 3 rings (SSSR count). The number of H-pyrrole nitrogens is 2. The Hall–Kier alpha value is -2.30. The highest BCUT2D eigenvalue weighted by atomic mass is 16.1. The molecule has 1 aliphatic heterocycles. The minimum Gasteiger partial charge on any atom is -0.343 e. The fourth-order valence-electron chi connectivity index (χ4n) is 1.35. The molecular formula is C6H2BN6O. The van der Waals surface area contributed by atoms with E-state index in [1.54, 1.807) is 0 Å². The van der Waals surface area contributed by atoms with Gasteiger partial charge in [0.05, 0.1) is 5.72 Å². The second kappa shape index (κ2) is 2.14. The fraction of sp³-hybridized carbons (Fsp3) is 0. The minimum absolute atomic E-state index is 0.191.